The molecule has 0 bridgehead atoms. The molecular formula is C15H24ClN3O. The smallest absolute Gasteiger partial charge is 0.234 e. The molecule has 4 nitrogen and oxygen atoms in total. The minimum Gasteiger partial charge on any atom is -0.351 e. The van der Waals surface area contributed by atoms with E-state index in [9.17, 15) is 4.79 Å². The highest BCUT2D eigenvalue weighted by Gasteiger charge is 2.19. The van der Waals surface area contributed by atoms with Gasteiger partial charge in [0.2, 0.25) is 5.91 Å². The maximum absolute atomic E-state index is 11.9. The van der Waals surface area contributed by atoms with Gasteiger partial charge in [-0.05, 0) is 19.4 Å². The van der Waals surface area contributed by atoms with E-state index in [1.807, 2.05) is 0 Å². The molecule has 1 aliphatic rings. The fourth-order valence-electron chi connectivity index (χ4n) is 2.26. The molecule has 2 N–H and O–H groups in total. The Labute approximate surface area is 127 Å². The van der Waals surface area contributed by atoms with Crippen molar-refractivity contribution in [3.8, 4) is 0 Å². The molecule has 1 saturated heterocycles. The number of carbonyl (C=O) groups is 1. The van der Waals surface area contributed by atoms with Crippen molar-refractivity contribution >= 4 is 18.3 Å². The van der Waals surface area contributed by atoms with Gasteiger partial charge in [0, 0.05) is 32.2 Å². The van der Waals surface area contributed by atoms with Crippen molar-refractivity contribution in [3.63, 3.8) is 0 Å². The molecule has 0 radical (unpaired) electrons. The fraction of sp³-hybridized carbons (Fsp3) is 0.533. The average molecular weight is 298 g/mol. The third-order valence-corrected chi connectivity index (χ3v) is 3.60. The van der Waals surface area contributed by atoms with Gasteiger partial charge in [-0.15, -0.1) is 12.4 Å². The summed E-state index contributed by atoms with van der Waals surface area (Å²) in [6.45, 7) is 8.20. The maximum atomic E-state index is 11.9. The van der Waals surface area contributed by atoms with E-state index < -0.39 is 0 Å². The number of hydrogen-bond acceptors (Lipinski definition) is 3. The number of aryl methyl sites for hydroxylation is 1. The lowest BCUT2D eigenvalue weighted by Crippen LogP contribution is -2.52. The third-order valence-electron chi connectivity index (χ3n) is 3.60. The van der Waals surface area contributed by atoms with E-state index in [-0.39, 0.29) is 18.3 Å². The first kappa shape index (κ1) is 17.0. The van der Waals surface area contributed by atoms with E-state index in [4.69, 9.17) is 0 Å². The number of piperazine rings is 1. The van der Waals surface area contributed by atoms with Gasteiger partial charge < -0.3 is 10.6 Å². The Morgan fingerprint density at radius 1 is 1.40 bits per heavy atom. The van der Waals surface area contributed by atoms with Crippen LogP contribution in [0.1, 0.15) is 18.1 Å². The summed E-state index contributed by atoms with van der Waals surface area (Å²) in [5.74, 6) is 0.106. The number of rotatable bonds is 4. The van der Waals surface area contributed by atoms with Gasteiger partial charge >= 0.3 is 0 Å². The predicted molar refractivity (Wildman–Crippen MR) is 84.2 cm³/mol. The Morgan fingerprint density at radius 3 is 2.75 bits per heavy atom. The molecule has 0 unspecified atom stereocenters. The Kier molecular flexibility index (Phi) is 6.99. The van der Waals surface area contributed by atoms with Gasteiger partial charge in [0.15, 0.2) is 0 Å². The number of carbonyl (C=O) groups excluding carboxylic acids is 1. The molecule has 0 spiro atoms. The van der Waals surface area contributed by atoms with Gasteiger partial charge in [0.05, 0.1) is 6.54 Å². The zero-order valence-electron chi connectivity index (χ0n) is 12.2. The molecule has 1 aromatic rings. The molecule has 0 aliphatic carbocycles. The Bertz CT molecular complexity index is 422. The van der Waals surface area contributed by atoms with Gasteiger partial charge in [-0.3, -0.25) is 9.69 Å². The second kappa shape index (κ2) is 8.25. The molecule has 1 aliphatic heterocycles. The van der Waals surface area contributed by atoms with E-state index in [1.165, 1.54) is 5.56 Å². The molecule has 1 aromatic carbocycles. The predicted octanol–water partition coefficient (Wildman–Crippen LogP) is 1.33. The van der Waals surface area contributed by atoms with E-state index in [1.54, 1.807) is 0 Å². The molecular weight excluding hydrogens is 274 g/mol. The van der Waals surface area contributed by atoms with Crippen LogP contribution in [0.2, 0.25) is 0 Å². The average Bonchev–Trinajstić information content (AvgIpc) is 2.41. The van der Waals surface area contributed by atoms with Crippen LogP contribution >= 0.6 is 12.4 Å². The van der Waals surface area contributed by atoms with Gasteiger partial charge in [0.25, 0.3) is 0 Å². The number of nitrogens with zero attached hydrogens (tertiary/aromatic N) is 1. The number of halogens is 1. The summed E-state index contributed by atoms with van der Waals surface area (Å²) in [5.41, 5.74) is 2.39. The minimum absolute atomic E-state index is 0. The van der Waals surface area contributed by atoms with Gasteiger partial charge in [0.1, 0.15) is 0 Å². The summed E-state index contributed by atoms with van der Waals surface area (Å²) in [5, 5.41) is 6.31. The van der Waals surface area contributed by atoms with Gasteiger partial charge in [-0.2, -0.15) is 0 Å². The molecule has 0 aromatic heterocycles. The molecule has 20 heavy (non-hydrogen) atoms. The Hall–Kier alpha value is -1.10. The van der Waals surface area contributed by atoms with Gasteiger partial charge in [-0.25, -0.2) is 0 Å². The third kappa shape index (κ3) is 5.12. The van der Waals surface area contributed by atoms with Crippen LogP contribution in [0, 0.1) is 6.92 Å². The van der Waals surface area contributed by atoms with Crippen LogP contribution in [-0.2, 0) is 11.3 Å². The van der Waals surface area contributed by atoms with Crippen molar-refractivity contribution in [1.82, 2.24) is 15.5 Å². The summed E-state index contributed by atoms with van der Waals surface area (Å²) >= 11 is 0. The van der Waals surface area contributed by atoms with Crippen molar-refractivity contribution in [2.75, 3.05) is 26.2 Å². The highest BCUT2D eigenvalue weighted by molar-refractivity contribution is 5.85. The summed E-state index contributed by atoms with van der Waals surface area (Å²) in [7, 11) is 0. The van der Waals surface area contributed by atoms with Crippen LogP contribution in [0.15, 0.2) is 24.3 Å². The van der Waals surface area contributed by atoms with Crippen LogP contribution in [-0.4, -0.2) is 43.0 Å². The molecule has 112 valence electrons. The summed E-state index contributed by atoms with van der Waals surface area (Å²) in [4.78, 5) is 14.1. The zero-order valence-corrected chi connectivity index (χ0v) is 13.0. The highest BCUT2D eigenvalue weighted by Crippen LogP contribution is 2.03. The van der Waals surface area contributed by atoms with Crippen molar-refractivity contribution in [3.05, 3.63) is 35.4 Å². The van der Waals surface area contributed by atoms with Crippen molar-refractivity contribution in [2.24, 2.45) is 0 Å². The van der Waals surface area contributed by atoms with Crippen LogP contribution < -0.4 is 10.6 Å². The molecule has 1 amide bonds. The first-order valence-electron chi connectivity index (χ1n) is 6.92. The fourth-order valence-corrected chi connectivity index (χ4v) is 2.26. The molecule has 5 heteroatoms. The van der Waals surface area contributed by atoms with E-state index in [2.05, 4.69) is 53.6 Å². The van der Waals surface area contributed by atoms with Crippen molar-refractivity contribution in [2.45, 2.75) is 26.4 Å². The molecule has 0 saturated carbocycles. The Morgan fingerprint density at radius 2 is 2.10 bits per heavy atom. The van der Waals surface area contributed by atoms with Crippen LogP contribution in [0.4, 0.5) is 0 Å². The number of benzene rings is 1. The lowest BCUT2D eigenvalue weighted by molar-refractivity contribution is -0.123. The number of nitrogens with one attached hydrogen (secondary N) is 2. The summed E-state index contributed by atoms with van der Waals surface area (Å²) < 4.78 is 0. The van der Waals surface area contributed by atoms with Crippen LogP contribution in [0.3, 0.4) is 0 Å². The van der Waals surface area contributed by atoms with Crippen LogP contribution in [0.25, 0.3) is 0 Å². The normalized spacial score (nSPS) is 19.2. The maximum Gasteiger partial charge on any atom is 0.234 e. The van der Waals surface area contributed by atoms with E-state index in [0.29, 0.717) is 19.1 Å². The monoisotopic (exact) mass is 297 g/mol. The summed E-state index contributed by atoms with van der Waals surface area (Å²) in [6, 6.07) is 8.69. The van der Waals surface area contributed by atoms with Gasteiger partial charge in [-0.1, -0.05) is 29.8 Å². The van der Waals surface area contributed by atoms with E-state index in [0.717, 1.165) is 25.2 Å². The number of hydrogen-bond donors (Lipinski definition) is 2. The van der Waals surface area contributed by atoms with E-state index >= 15 is 0 Å². The molecule has 1 atom stereocenters. The zero-order chi connectivity index (χ0) is 13.7. The standard InChI is InChI=1S/C15H23N3O.ClH/c1-12-3-5-14(6-4-12)10-17-15(19)11-18-8-7-16-9-13(18)2;/h3-6,13,16H,7-11H2,1-2H3,(H,17,19);1H/t13-;/m1./s1. The first-order valence-corrected chi connectivity index (χ1v) is 6.92. The van der Waals surface area contributed by atoms with Crippen LogP contribution in [0.5, 0.6) is 0 Å². The second-order valence-electron chi connectivity index (χ2n) is 5.29. The largest absolute Gasteiger partial charge is 0.351 e. The lowest BCUT2D eigenvalue weighted by Gasteiger charge is -2.33. The molecule has 1 heterocycles. The minimum atomic E-state index is 0. The summed E-state index contributed by atoms with van der Waals surface area (Å²) in [6.07, 6.45) is 0. The van der Waals surface area contributed by atoms with Crippen molar-refractivity contribution in [1.29, 1.82) is 0 Å². The topological polar surface area (TPSA) is 44.4 Å². The SMILES string of the molecule is Cc1ccc(CNC(=O)CN2CCNC[C@H]2C)cc1.Cl. The molecule has 1 fully saturated rings. The quantitative estimate of drug-likeness (QED) is 0.881. The second-order valence-corrected chi connectivity index (χ2v) is 5.29. The first-order chi connectivity index (χ1) is 9.15. The Balaban J connectivity index is 0.00000200. The highest BCUT2D eigenvalue weighted by atomic mass is 35.5. The number of amides is 1. The van der Waals surface area contributed by atoms with Crippen molar-refractivity contribution < 1.29 is 4.79 Å². The lowest BCUT2D eigenvalue weighted by atomic mass is 10.1. The molecule has 2 rings (SSSR count).